The molecular formula is C30H48N2O6. The standard InChI is InChI=1S/C30H48N2O6/c1-7-9-10-15-21-37-27(36)23-22-25(34)31(19-13-11-12-14-20-33)24(30(22)17-16-29(23,6)38-30)26(35)32(18-8-2)28(3,4)5/h7-8,22-24,33H,1-2,9-21H2,3-6H3/t22-,23+,24?,29-,30?/m0/s1. The summed E-state index contributed by atoms with van der Waals surface area (Å²) in [4.78, 5) is 45.3. The maximum atomic E-state index is 14.3. The number of hydrogen-bond donors (Lipinski definition) is 1. The minimum atomic E-state index is -1.05. The van der Waals surface area contributed by atoms with Gasteiger partial charge in [0.25, 0.3) is 0 Å². The molecule has 0 aromatic rings. The number of likely N-dealkylation sites (tertiary alicyclic amines) is 1. The van der Waals surface area contributed by atoms with Crippen LogP contribution in [0, 0.1) is 11.8 Å². The molecule has 5 atom stereocenters. The molecule has 0 aromatic carbocycles. The lowest BCUT2D eigenvalue weighted by Crippen LogP contribution is -2.60. The highest BCUT2D eigenvalue weighted by Gasteiger charge is 2.78. The van der Waals surface area contributed by atoms with Gasteiger partial charge in [-0.3, -0.25) is 14.4 Å². The van der Waals surface area contributed by atoms with Gasteiger partial charge in [-0.25, -0.2) is 0 Å². The number of rotatable bonds is 15. The first kappa shape index (κ1) is 30.4. The smallest absolute Gasteiger partial charge is 0.312 e. The zero-order valence-corrected chi connectivity index (χ0v) is 23.9. The molecule has 3 fully saturated rings. The predicted octanol–water partition coefficient (Wildman–Crippen LogP) is 4.02. The number of allylic oxidation sites excluding steroid dienone is 1. The largest absolute Gasteiger partial charge is 0.465 e. The van der Waals surface area contributed by atoms with E-state index in [2.05, 4.69) is 13.2 Å². The van der Waals surface area contributed by atoms with Crippen LogP contribution in [0.2, 0.25) is 0 Å². The van der Waals surface area contributed by atoms with E-state index in [1.165, 1.54) is 0 Å². The average Bonchev–Trinajstić information content (AvgIpc) is 3.42. The summed E-state index contributed by atoms with van der Waals surface area (Å²) in [5.74, 6) is -2.22. The molecule has 0 aromatic heterocycles. The molecule has 3 saturated heterocycles. The van der Waals surface area contributed by atoms with Gasteiger partial charge in [0.05, 0.1) is 18.1 Å². The third-order valence-electron chi connectivity index (χ3n) is 8.51. The van der Waals surface area contributed by atoms with Crippen molar-refractivity contribution in [1.29, 1.82) is 0 Å². The molecule has 1 spiro atoms. The molecule has 1 N–H and O–H groups in total. The van der Waals surface area contributed by atoms with E-state index in [0.717, 1.165) is 32.1 Å². The number of aliphatic hydroxyl groups excluding tert-OH is 1. The summed E-state index contributed by atoms with van der Waals surface area (Å²) in [6, 6.07) is -0.802. The zero-order valence-electron chi connectivity index (χ0n) is 23.9. The highest BCUT2D eigenvalue weighted by Crippen LogP contribution is 2.63. The van der Waals surface area contributed by atoms with Crippen molar-refractivity contribution < 1.29 is 29.0 Å². The fraction of sp³-hybridized carbons (Fsp3) is 0.767. The molecule has 3 aliphatic rings. The quantitative estimate of drug-likeness (QED) is 0.194. The van der Waals surface area contributed by atoms with Gasteiger partial charge in [0, 0.05) is 25.2 Å². The van der Waals surface area contributed by atoms with Gasteiger partial charge in [-0.2, -0.15) is 0 Å². The molecule has 2 amide bonds. The summed E-state index contributed by atoms with van der Waals surface area (Å²) in [5.41, 5.74) is -2.37. The second kappa shape index (κ2) is 12.3. The second-order valence-corrected chi connectivity index (χ2v) is 12.3. The van der Waals surface area contributed by atoms with Gasteiger partial charge in [-0.1, -0.05) is 25.0 Å². The van der Waals surface area contributed by atoms with Crippen LogP contribution in [0.25, 0.3) is 0 Å². The fourth-order valence-electron chi connectivity index (χ4n) is 6.68. The number of carbonyl (C=O) groups excluding carboxylic acids is 3. The van der Waals surface area contributed by atoms with Gasteiger partial charge in [0.2, 0.25) is 11.8 Å². The highest BCUT2D eigenvalue weighted by atomic mass is 16.6. The van der Waals surface area contributed by atoms with Crippen molar-refractivity contribution in [3.05, 3.63) is 25.3 Å². The van der Waals surface area contributed by atoms with E-state index in [1.54, 1.807) is 15.9 Å². The van der Waals surface area contributed by atoms with Crippen LogP contribution in [0.5, 0.6) is 0 Å². The van der Waals surface area contributed by atoms with Crippen molar-refractivity contribution >= 4 is 17.8 Å². The Bertz CT molecular complexity index is 898. The molecule has 3 heterocycles. The summed E-state index contributed by atoms with van der Waals surface area (Å²) in [7, 11) is 0. The van der Waals surface area contributed by atoms with Crippen molar-refractivity contribution in [2.75, 3.05) is 26.3 Å². The molecule has 2 unspecified atom stereocenters. The topological polar surface area (TPSA) is 96.4 Å². The maximum absolute atomic E-state index is 14.3. The lowest BCUT2D eigenvalue weighted by atomic mass is 9.66. The molecule has 38 heavy (non-hydrogen) atoms. The molecule has 214 valence electrons. The fourth-order valence-corrected chi connectivity index (χ4v) is 6.68. The number of amides is 2. The number of fused-ring (bicyclic) bond motifs is 1. The van der Waals surface area contributed by atoms with E-state index in [4.69, 9.17) is 14.6 Å². The van der Waals surface area contributed by atoms with Crippen molar-refractivity contribution in [2.45, 2.75) is 108 Å². The van der Waals surface area contributed by atoms with Gasteiger partial charge in [-0.05, 0) is 72.6 Å². The van der Waals surface area contributed by atoms with Crippen molar-refractivity contribution in [1.82, 2.24) is 9.80 Å². The second-order valence-electron chi connectivity index (χ2n) is 12.3. The molecule has 0 radical (unpaired) electrons. The summed E-state index contributed by atoms with van der Waals surface area (Å²) in [6.45, 7) is 16.6. The SMILES string of the molecule is C=CCCCCOC(=O)[C@H]1[C@H]2C(=O)N(CCCCCCO)C(C(=O)N(CC=C)C(C)(C)C)C23CC[C@]1(C)O3. The lowest BCUT2D eigenvalue weighted by molar-refractivity contribution is -0.161. The van der Waals surface area contributed by atoms with Crippen LogP contribution in [0.1, 0.15) is 85.5 Å². The first-order valence-electron chi connectivity index (χ1n) is 14.3. The summed E-state index contributed by atoms with van der Waals surface area (Å²) >= 11 is 0. The predicted molar refractivity (Wildman–Crippen MR) is 146 cm³/mol. The van der Waals surface area contributed by atoms with E-state index in [1.807, 2.05) is 33.8 Å². The first-order chi connectivity index (χ1) is 18.0. The van der Waals surface area contributed by atoms with Crippen LogP contribution in [0.15, 0.2) is 25.3 Å². The summed E-state index contributed by atoms with van der Waals surface area (Å²) in [5, 5.41) is 9.12. The number of hydrogen-bond acceptors (Lipinski definition) is 6. The minimum absolute atomic E-state index is 0.140. The van der Waals surface area contributed by atoms with Gasteiger partial charge < -0.3 is 24.4 Å². The monoisotopic (exact) mass is 532 g/mol. The molecule has 0 aliphatic carbocycles. The Morgan fingerprint density at radius 1 is 1.13 bits per heavy atom. The van der Waals surface area contributed by atoms with Crippen LogP contribution in [0.4, 0.5) is 0 Å². The van der Waals surface area contributed by atoms with E-state index in [-0.39, 0.29) is 18.4 Å². The maximum Gasteiger partial charge on any atom is 0.312 e. The van der Waals surface area contributed by atoms with Crippen LogP contribution in [-0.2, 0) is 23.9 Å². The molecule has 2 bridgehead atoms. The van der Waals surface area contributed by atoms with E-state index in [9.17, 15) is 14.4 Å². The van der Waals surface area contributed by atoms with Crippen molar-refractivity contribution in [3.8, 4) is 0 Å². The normalized spacial score (nSPS) is 29.9. The Balaban J connectivity index is 1.92. The van der Waals surface area contributed by atoms with Gasteiger partial charge in [0.1, 0.15) is 17.6 Å². The Kier molecular flexibility index (Phi) is 9.85. The number of ether oxygens (including phenoxy) is 2. The third kappa shape index (κ3) is 5.71. The number of carbonyl (C=O) groups is 3. The van der Waals surface area contributed by atoms with Crippen LogP contribution in [0.3, 0.4) is 0 Å². The Morgan fingerprint density at radius 2 is 1.84 bits per heavy atom. The van der Waals surface area contributed by atoms with E-state index >= 15 is 0 Å². The van der Waals surface area contributed by atoms with E-state index in [0.29, 0.717) is 45.4 Å². The van der Waals surface area contributed by atoms with Gasteiger partial charge >= 0.3 is 5.97 Å². The minimum Gasteiger partial charge on any atom is -0.465 e. The average molecular weight is 533 g/mol. The van der Waals surface area contributed by atoms with Crippen LogP contribution in [-0.4, -0.2) is 81.8 Å². The van der Waals surface area contributed by atoms with Crippen molar-refractivity contribution in [3.63, 3.8) is 0 Å². The number of nitrogens with zero attached hydrogens (tertiary/aromatic N) is 2. The molecule has 3 rings (SSSR count). The summed E-state index contributed by atoms with van der Waals surface area (Å²) in [6.07, 6.45) is 10.3. The summed E-state index contributed by atoms with van der Waals surface area (Å²) < 4.78 is 12.4. The van der Waals surface area contributed by atoms with Crippen LogP contribution >= 0.6 is 0 Å². The number of aliphatic hydroxyl groups is 1. The van der Waals surface area contributed by atoms with E-state index < -0.39 is 40.6 Å². The lowest BCUT2D eigenvalue weighted by Gasteiger charge is -2.42. The third-order valence-corrected chi connectivity index (χ3v) is 8.51. The zero-order chi connectivity index (χ0) is 28.1. The van der Waals surface area contributed by atoms with Gasteiger partial charge in [-0.15, -0.1) is 13.2 Å². The Labute approximate surface area is 228 Å². The number of unbranched alkanes of at least 4 members (excludes halogenated alkanes) is 5. The van der Waals surface area contributed by atoms with Crippen LogP contribution < -0.4 is 0 Å². The number of esters is 1. The molecule has 8 nitrogen and oxygen atoms in total. The van der Waals surface area contributed by atoms with Gasteiger partial charge in [0.15, 0.2) is 0 Å². The molecular weight excluding hydrogens is 484 g/mol. The molecule has 3 aliphatic heterocycles. The Morgan fingerprint density at radius 3 is 2.47 bits per heavy atom. The molecule has 8 heteroatoms. The Hall–Kier alpha value is -2.19. The highest BCUT2D eigenvalue weighted by molar-refractivity contribution is 5.98. The first-order valence-corrected chi connectivity index (χ1v) is 14.3. The van der Waals surface area contributed by atoms with Crippen molar-refractivity contribution in [2.24, 2.45) is 11.8 Å². The molecule has 0 saturated carbocycles.